The van der Waals surface area contributed by atoms with Gasteiger partial charge >= 0.3 is 0 Å². The Morgan fingerprint density at radius 2 is 1.76 bits per heavy atom. The summed E-state index contributed by atoms with van der Waals surface area (Å²) in [5.41, 5.74) is 1.83. The van der Waals surface area contributed by atoms with E-state index in [0.29, 0.717) is 23.0 Å². The van der Waals surface area contributed by atoms with Gasteiger partial charge in [-0.1, -0.05) is 30.3 Å². The number of hydrogen-bond donors (Lipinski definition) is 1. The third kappa shape index (κ3) is 4.88. The maximum Gasteiger partial charge on any atom is 0.251 e. The SMILES string of the molecule is O=C(NCC(=O)N1CCC(CCc2ccccc2)CC1)c1ccc2c(c1)OCO2. The molecule has 152 valence electrons. The number of benzene rings is 2. The van der Waals surface area contributed by atoms with Gasteiger partial charge in [-0.05, 0) is 55.4 Å². The van der Waals surface area contributed by atoms with Crippen molar-refractivity contribution < 1.29 is 19.1 Å². The third-order valence-electron chi connectivity index (χ3n) is 5.69. The number of fused-ring (bicyclic) bond motifs is 1. The predicted octanol–water partition coefficient (Wildman–Crippen LogP) is 3.02. The van der Waals surface area contributed by atoms with Crippen molar-refractivity contribution in [2.45, 2.75) is 25.7 Å². The van der Waals surface area contributed by atoms with Crippen LogP contribution in [0, 0.1) is 5.92 Å². The Bertz CT molecular complexity index is 860. The van der Waals surface area contributed by atoms with Gasteiger partial charge in [-0.2, -0.15) is 0 Å². The van der Waals surface area contributed by atoms with Crippen molar-refractivity contribution in [3.63, 3.8) is 0 Å². The van der Waals surface area contributed by atoms with Crippen LogP contribution < -0.4 is 14.8 Å². The molecule has 2 aromatic carbocycles. The lowest BCUT2D eigenvalue weighted by Crippen LogP contribution is -2.44. The van der Waals surface area contributed by atoms with Crippen molar-refractivity contribution in [1.29, 1.82) is 0 Å². The maximum absolute atomic E-state index is 12.5. The molecule has 6 nitrogen and oxygen atoms in total. The van der Waals surface area contributed by atoms with Crippen LogP contribution in [0.15, 0.2) is 48.5 Å². The Kier molecular flexibility index (Phi) is 5.98. The average Bonchev–Trinajstić information content (AvgIpc) is 3.25. The molecule has 0 aromatic heterocycles. The van der Waals surface area contributed by atoms with Gasteiger partial charge in [0.05, 0.1) is 6.54 Å². The molecule has 4 rings (SSSR count). The van der Waals surface area contributed by atoms with E-state index in [1.54, 1.807) is 18.2 Å². The van der Waals surface area contributed by atoms with Crippen LogP contribution in [0.5, 0.6) is 11.5 Å². The van der Waals surface area contributed by atoms with Crippen LogP contribution in [-0.2, 0) is 11.2 Å². The zero-order valence-electron chi connectivity index (χ0n) is 16.4. The molecule has 0 spiro atoms. The summed E-state index contributed by atoms with van der Waals surface area (Å²) in [5, 5.41) is 2.72. The first-order chi connectivity index (χ1) is 14.2. The molecule has 1 fully saturated rings. The highest BCUT2D eigenvalue weighted by molar-refractivity contribution is 5.97. The largest absolute Gasteiger partial charge is 0.454 e. The van der Waals surface area contributed by atoms with Crippen LogP contribution in [0.1, 0.15) is 35.2 Å². The fourth-order valence-corrected chi connectivity index (χ4v) is 3.89. The molecule has 0 bridgehead atoms. The van der Waals surface area contributed by atoms with Crippen LogP contribution in [-0.4, -0.2) is 43.1 Å². The summed E-state index contributed by atoms with van der Waals surface area (Å²) < 4.78 is 10.5. The summed E-state index contributed by atoms with van der Waals surface area (Å²) in [5.74, 6) is 1.53. The lowest BCUT2D eigenvalue weighted by Gasteiger charge is -2.32. The van der Waals surface area contributed by atoms with Crippen LogP contribution in [0.25, 0.3) is 0 Å². The number of carbonyl (C=O) groups excluding carboxylic acids is 2. The summed E-state index contributed by atoms with van der Waals surface area (Å²) in [6.07, 6.45) is 4.29. The molecule has 0 atom stereocenters. The van der Waals surface area contributed by atoms with Crippen LogP contribution in [0.3, 0.4) is 0 Å². The highest BCUT2D eigenvalue weighted by Gasteiger charge is 2.23. The topological polar surface area (TPSA) is 67.9 Å². The van der Waals surface area contributed by atoms with E-state index >= 15 is 0 Å². The molecule has 2 aliphatic heterocycles. The first kappa shape index (κ1) is 19.3. The molecule has 0 aliphatic carbocycles. The highest BCUT2D eigenvalue weighted by Crippen LogP contribution is 2.32. The van der Waals surface area contributed by atoms with Gasteiger partial charge in [0.15, 0.2) is 11.5 Å². The van der Waals surface area contributed by atoms with Gasteiger partial charge in [0.2, 0.25) is 12.7 Å². The normalized spacial score (nSPS) is 15.9. The molecule has 2 aromatic rings. The number of nitrogens with one attached hydrogen (secondary N) is 1. The third-order valence-corrected chi connectivity index (χ3v) is 5.69. The molecule has 2 amide bonds. The maximum atomic E-state index is 12.5. The average molecular weight is 394 g/mol. The molecule has 29 heavy (non-hydrogen) atoms. The van der Waals surface area contributed by atoms with E-state index in [1.807, 2.05) is 11.0 Å². The first-order valence-corrected chi connectivity index (χ1v) is 10.2. The van der Waals surface area contributed by atoms with Crippen molar-refractivity contribution in [1.82, 2.24) is 10.2 Å². The molecule has 6 heteroatoms. The van der Waals surface area contributed by atoms with E-state index in [1.165, 1.54) is 5.56 Å². The number of nitrogens with zero attached hydrogens (tertiary/aromatic N) is 1. The second kappa shape index (κ2) is 8.99. The lowest BCUT2D eigenvalue weighted by atomic mass is 9.90. The first-order valence-electron chi connectivity index (χ1n) is 10.2. The number of likely N-dealkylation sites (tertiary alicyclic amines) is 1. The van der Waals surface area contributed by atoms with Crippen LogP contribution >= 0.6 is 0 Å². The zero-order valence-corrected chi connectivity index (χ0v) is 16.4. The Labute approximate surface area is 170 Å². The van der Waals surface area contributed by atoms with Gasteiger partial charge in [-0.15, -0.1) is 0 Å². The molecule has 2 heterocycles. The minimum atomic E-state index is -0.283. The smallest absolute Gasteiger partial charge is 0.251 e. The number of rotatable bonds is 6. The van der Waals surface area contributed by atoms with Crippen LogP contribution in [0.4, 0.5) is 0 Å². The molecule has 2 aliphatic rings. The van der Waals surface area contributed by atoms with Gasteiger partial charge in [0, 0.05) is 18.7 Å². The fourth-order valence-electron chi connectivity index (χ4n) is 3.89. The molecule has 1 saturated heterocycles. The number of aryl methyl sites for hydroxylation is 1. The fraction of sp³-hybridized carbons (Fsp3) is 0.391. The zero-order chi connectivity index (χ0) is 20.1. The van der Waals surface area contributed by atoms with Crippen molar-refractivity contribution in [3.05, 3.63) is 59.7 Å². The highest BCUT2D eigenvalue weighted by atomic mass is 16.7. The monoisotopic (exact) mass is 394 g/mol. The lowest BCUT2D eigenvalue weighted by molar-refractivity contribution is -0.131. The molecular weight excluding hydrogens is 368 g/mol. The van der Waals surface area contributed by atoms with Crippen molar-refractivity contribution in [2.75, 3.05) is 26.4 Å². The van der Waals surface area contributed by atoms with E-state index in [2.05, 4.69) is 29.6 Å². The summed E-state index contributed by atoms with van der Waals surface area (Å²) >= 11 is 0. The molecule has 0 radical (unpaired) electrons. The second-order valence-corrected chi connectivity index (χ2v) is 7.60. The number of piperidine rings is 1. The Morgan fingerprint density at radius 3 is 2.55 bits per heavy atom. The molecule has 0 saturated carbocycles. The summed E-state index contributed by atoms with van der Waals surface area (Å²) in [6.45, 7) is 1.71. The predicted molar refractivity (Wildman–Crippen MR) is 109 cm³/mol. The Hall–Kier alpha value is -3.02. The van der Waals surface area contributed by atoms with Gasteiger partial charge in [-0.25, -0.2) is 0 Å². The van der Waals surface area contributed by atoms with Gasteiger partial charge < -0.3 is 19.7 Å². The number of amides is 2. The summed E-state index contributed by atoms with van der Waals surface area (Å²) in [7, 11) is 0. The van der Waals surface area contributed by atoms with Crippen LogP contribution in [0.2, 0.25) is 0 Å². The standard InChI is InChI=1S/C23H26N2O4/c26-22(15-24-23(27)19-8-9-20-21(14-19)29-16-28-20)25-12-10-18(11-13-25)7-6-17-4-2-1-3-5-17/h1-5,8-9,14,18H,6-7,10-13,15-16H2,(H,24,27). The number of ether oxygens (including phenoxy) is 2. The molecular formula is C23H26N2O4. The van der Waals surface area contributed by atoms with Gasteiger partial charge in [0.1, 0.15) is 0 Å². The van der Waals surface area contributed by atoms with Gasteiger partial charge in [0.25, 0.3) is 5.91 Å². The summed E-state index contributed by atoms with van der Waals surface area (Å²) in [4.78, 5) is 26.7. The summed E-state index contributed by atoms with van der Waals surface area (Å²) in [6, 6.07) is 15.6. The van der Waals surface area contributed by atoms with Gasteiger partial charge in [-0.3, -0.25) is 9.59 Å². The molecule has 0 unspecified atom stereocenters. The quantitative estimate of drug-likeness (QED) is 0.818. The van der Waals surface area contributed by atoms with E-state index in [-0.39, 0.29) is 25.2 Å². The number of carbonyl (C=O) groups is 2. The minimum absolute atomic E-state index is 0.0158. The number of hydrogen-bond acceptors (Lipinski definition) is 4. The van der Waals surface area contributed by atoms with E-state index in [9.17, 15) is 9.59 Å². The second-order valence-electron chi connectivity index (χ2n) is 7.60. The molecule has 1 N–H and O–H groups in total. The Balaban J connectivity index is 1.19. The Morgan fingerprint density at radius 1 is 1.00 bits per heavy atom. The van der Waals surface area contributed by atoms with Crippen molar-refractivity contribution >= 4 is 11.8 Å². The van der Waals surface area contributed by atoms with Crippen molar-refractivity contribution in [2.24, 2.45) is 5.92 Å². The minimum Gasteiger partial charge on any atom is -0.454 e. The van der Waals surface area contributed by atoms with Crippen molar-refractivity contribution in [3.8, 4) is 11.5 Å². The van der Waals surface area contributed by atoms with E-state index in [0.717, 1.165) is 38.8 Å². The van der Waals surface area contributed by atoms with E-state index in [4.69, 9.17) is 9.47 Å². The van der Waals surface area contributed by atoms with E-state index < -0.39 is 0 Å².